The van der Waals surface area contributed by atoms with Gasteiger partial charge < -0.3 is 4.43 Å². The fourth-order valence-electron chi connectivity index (χ4n) is 1.16. The summed E-state index contributed by atoms with van der Waals surface area (Å²) in [6.07, 6.45) is -0.497. The SMILES string of the molecule is C[Si](C)(C)OC(N=[N+]=[N-])c1ccccc1. The van der Waals surface area contributed by atoms with E-state index in [0.29, 0.717) is 0 Å². The molecular formula is C10H15N3OSi. The smallest absolute Gasteiger partial charge is 0.184 e. The minimum Gasteiger partial charge on any atom is -0.405 e. The van der Waals surface area contributed by atoms with Crippen LogP contribution in [-0.4, -0.2) is 8.32 Å². The average molecular weight is 221 g/mol. The highest BCUT2D eigenvalue weighted by molar-refractivity contribution is 6.69. The fraction of sp³-hybridized carbons (Fsp3) is 0.400. The third kappa shape index (κ3) is 4.16. The Morgan fingerprint density at radius 3 is 2.33 bits per heavy atom. The van der Waals surface area contributed by atoms with E-state index in [1.165, 1.54) is 0 Å². The molecule has 0 saturated carbocycles. The molecular weight excluding hydrogens is 206 g/mol. The summed E-state index contributed by atoms with van der Waals surface area (Å²) >= 11 is 0. The van der Waals surface area contributed by atoms with Crippen LogP contribution in [0.3, 0.4) is 0 Å². The minimum absolute atomic E-state index is 0.497. The maximum absolute atomic E-state index is 8.49. The highest BCUT2D eigenvalue weighted by atomic mass is 28.4. The highest BCUT2D eigenvalue weighted by Gasteiger charge is 2.21. The van der Waals surface area contributed by atoms with Gasteiger partial charge >= 0.3 is 0 Å². The normalized spacial score (nSPS) is 13.0. The average Bonchev–Trinajstić information content (AvgIpc) is 2.17. The second kappa shape index (κ2) is 4.98. The predicted molar refractivity (Wildman–Crippen MR) is 62.8 cm³/mol. The van der Waals surface area contributed by atoms with Crippen LogP contribution in [-0.2, 0) is 4.43 Å². The van der Waals surface area contributed by atoms with Crippen LogP contribution in [0.2, 0.25) is 19.6 Å². The first kappa shape index (κ1) is 11.8. The third-order valence-corrected chi connectivity index (χ3v) is 2.64. The van der Waals surface area contributed by atoms with Gasteiger partial charge in [0.15, 0.2) is 8.32 Å². The molecule has 0 spiro atoms. The van der Waals surface area contributed by atoms with E-state index in [0.717, 1.165) is 5.56 Å². The molecule has 15 heavy (non-hydrogen) atoms. The summed E-state index contributed by atoms with van der Waals surface area (Å²) in [6.45, 7) is 6.20. The first-order valence-electron chi connectivity index (χ1n) is 4.80. The minimum atomic E-state index is -1.71. The monoisotopic (exact) mass is 221 g/mol. The Morgan fingerprint density at radius 2 is 1.87 bits per heavy atom. The molecule has 5 heteroatoms. The summed E-state index contributed by atoms with van der Waals surface area (Å²) < 4.78 is 5.78. The first-order valence-corrected chi connectivity index (χ1v) is 8.21. The van der Waals surface area contributed by atoms with Gasteiger partial charge in [0.05, 0.1) is 0 Å². The van der Waals surface area contributed by atoms with E-state index in [9.17, 15) is 0 Å². The Morgan fingerprint density at radius 1 is 1.27 bits per heavy atom. The van der Waals surface area contributed by atoms with E-state index >= 15 is 0 Å². The maximum atomic E-state index is 8.49. The summed E-state index contributed by atoms with van der Waals surface area (Å²) in [5.41, 5.74) is 9.39. The molecule has 0 bridgehead atoms. The lowest BCUT2D eigenvalue weighted by molar-refractivity contribution is 0.206. The molecule has 1 aromatic rings. The second-order valence-electron chi connectivity index (χ2n) is 4.20. The molecule has 4 nitrogen and oxygen atoms in total. The topological polar surface area (TPSA) is 58.0 Å². The third-order valence-electron chi connectivity index (χ3n) is 1.71. The number of benzene rings is 1. The standard InChI is InChI=1S/C10H15N3OSi/c1-15(2,3)14-10(12-13-11)9-7-5-4-6-8-9/h4-8,10H,1-3H3. The Labute approximate surface area is 90.6 Å². The van der Waals surface area contributed by atoms with Crippen LogP contribution in [0.1, 0.15) is 11.8 Å². The van der Waals surface area contributed by atoms with Gasteiger partial charge in [-0.15, -0.1) is 0 Å². The summed E-state index contributed by atoms with van der Waals surface area (Å²) in [5.74, 6) is 0. The summed E-state index contributed by atoms with van der Waals surface area (Å²) in [4.78, 5) is 2.82. The van der Waals surface area contributed by atoms with Crippen molar-refractivity contribution in [3.63, 3.8) is 0 Å². The van der Waals surface area contributed by atoms with E-state index in [4.69, 9.17) is 9.96 Å². The molecule has 80 valence electrons. The summed E-state index contributed by atoms with van der Waals surface area (Å²) in [6, 6.07) is 9.54. The summed E-state index contributed by atoms with van der Waals surface area (Å²) in [5, 5.41) is 3.67. The molecule has 0 N–H and O–H groups in total. The van der Waals surface area contributed by atoms with Gasteiger partial charge in [-0.05, 0) is 30.7 Å². The van der Waals surface area contributed by atoms with E-state index in [2.05, 4.69) is 29.7 Å². The number of nitrogens with zero attached hydrogens (tertiary/aromatic N) is 3. The van der Waals surface area contributed by atoms with E-state index in [1.807, 2.05) is 30.3 Å². The van der Waals surface area contributed by atoms with E-state index in [-0.39, 0.29) is 0 Å². The van der Waals surface area contributed by atoms with Gasteiger partial charge in [-0.2, -0.15) is 0 Å². The molecule has 0 saturated heterocycles. The molecule has 1 unspecified atom stereocenters. The molecule has 0 radical (unpaired) electrons. The number of azide groups is 1. The molecule has 0 fully saturated rings. The Hall–Kier alpha value is -1.29. The highest BCUT2D eigenvalue weighted by Crippen LogP contribution is 2.23. The zero-order chi connectivity index (χ0) is 11.3. The number of rotatable bonds is 4. The molecule has 0 heterocycles. The quantitative estimate of drug-likeness (QED) is 0.330. The largest absolute Gasteiger partial charge is 0.405 e. The van der Waals surface area contributed by atoms with Gasteiger partial charge in [-0.25, -0.2) is 0 Å². The van der Waals surface area contributed by atoms with Crippen molar-refractivity contribution >= 4 is 8.32 Å². The molecule has 0 aliphatic rings. The first-order chi connectivity index (χ1) is 7.03. The van der Waals surface area contributed by atoms with Crippen molar-refractivity contribution in [2.45, 2.75) is 25.9 Å². The van der Waals surface area contributed by atoms with Gasteiger partial charge in [0.2, 0.25) is 0 Å². The molecule has 0 aliphatic heterocycles. The molecule has 0 aromatic heterocycles. The van der Waals surface area contributed by atoms with Crippen LogP contribution >= 0.6 is 0 Å². The van der Waals surface area contributed by atoms with Crippen molar-refractivity contribution < 1.29 is 4.43 Å². The van der Waals surface area contributed by atoms with Crippen molar-refractivity contribution in [2.24, 2.45) is 5.11 Å². The van der Waals surface area contributed by atoms with Gasteiger partial charge in [-0.1, -0.05) is 35.4 Å². The van der Waals surface area contributed by atoms with Crippen LogP contribution in [0.5, 0.6) is 0 Å². The second-order valence-corrected chi connectivity index (χ2v) is 8.66. The Balaban J connectivity index is 2.89. The lowest BCUT2D eigenvalue weighted by atomic mass is 10.2. The maximum Gasteiger partial charge on any atom is 0.184 e. The zero-order valence-electron chi connectivity index (χ0n) is 9.21. The van der Waals surface area contributed by atoms with Crippen LogP contribution < -0.4 is 0 Å². The Bertz CT molecular complexity index is 355. The van der Waals surface area contributed by atoms with Gasteiger partial charge in [0, 0.05) is 4.91 Å². The van der Waals surface area contributed by atoms with Gasteiger partial charge in [0.1, 0.15) is 6.23 Å². The van der Waals surface area contributed by atoms with Crippen molar-refractivity contribution in [1.29, 1.82) is 0 Å². The fourth-order valence-corrected chi connectivity index (χ4v) is 2.01. The van der Waals surface area contributed by atoms with Crippen molar-refractivity contribution in [2.75, 3.05) is 0 Å². The van der Waals surface area contributed by atoms with Gasteiger partial charge in [0.25, 0.3) is 0 Å². The number of hydrogen-bond acceptors (Lipinski definition) is 2. The van der Waals surface area contributed by atoms with Crippen LogP contribution in [0, 0.1) is 0 Å². The van der Waals surface area contributed by atoms with Crippen LogP contribution in [0.15, 0.2) is 35.4 Å². The summed E-state index contributed by atoms with van der Waals surface area (Å²) in [7, 11) is -1.71. The molecule has 0 amide bonds. The molecule has 0 aliphatic carbocycles. The zero-order valence-corrected chi connectivity index (χ0v) is 10.2. The van der Waals surface area contributed by atoms with Crippen LogP contribution in [0.4, 0.5) is 0 Å². The number of hydrogen-bond donors (Lipinski definition) is 0. The lowest BCUT2D eigenvalue weighted by Gasteiger charge is -2.23. The molecule has 1 rings (SSSR count). The Kier molecular flexibility index (Phi) is 3.91. The molecule has 1 atom stereocenters. The van der Waals surface area contributed by atoms with Crippen molar-refractivity contribution in [1.82, 2.24) is 0 Å². The molecule has 1 aromatic carbocycles. The lowest BCUT2D eigenvalue weighted by Crippen LogP contribution is -2.27. The van der Waals surface area contributed by atoms with Crippen LogP contribution in [0.25, 0.3) is 10.4 Å². The predicted octanol–water partition coefficient (Wildman–Crippen LogP) is 3.85. The van der Waals surface area contributed by atoms with E-state index in [1.54, 1.807) is 0 Å². The van der Waals surface area contributed by atoms with Gasteiger partial charge in [-0.3, -0.25) is 0 Å². The van der Waals surface area contributed by atoms with E-state index < -0.39 is 14.5 Å². The van der Waals surface area contributed by atoms with Crippen molar-refractivity contribution in [3.8, 4) is 0 Å². The van der Waals surface area contributed by atoms with Crippen molar-refractivity contribution in [3.05, 3.63) is 46.3 Å².